The van der Waals surface area contributed by atoms with Crippen LogP contribution in [-0.4, -0.2) is 40.0 Å². The number of hydrogen-bond donors (Lipinski definition) is 4. The predicted molar refractivity (Wildman–Crippen MR) is 136 cm³/mol. The van der Waals surface area contributed by atoms with Crippen LogP contribution in [0.5, 0.6) is 5.75 Å². The van der Waals surface area contributed by atoms with Crippen LogP contribution < -0.4 is 20.9 Å². The zero-order valence-electron chi connectivity index (χ0n) is 20.0. The number of aliphatic carboxylic acids is 1. The molecule has 2 heterocycles. The Hall–Kier alpha value is -4.25. The minimum absolute atomic E-state index is 0.0819. The van der Waals surface area contributed by atoms with E-state index in [1.165, 1.54) is 29.6 Å². The molecule has 0 saturated carbocycles. The van der Waals surface area contributed by atoms with Crippen molar-refractivity contribution < 1.29 is 24.2 Å². The maximum Gasteiger partial charge on any atom is 0.335 e. The topological polar surface area (TPSA) is 150 Å². The maximum absolute atomic E-state index is 12.7. The van der Waals surface area contributed by atoms with Crippen LogP contribution in [-0.2, 0) is 22.7 Å². The molecule has 0 aliphatic rings. The summed E-state index contributed by atoms with van der Waals surface area (Å²) in [5.41, 5.74) is 0.995. The normalized spacial score (nSPS) is 12.5. The van der Waals surface area contributed by atoms with E-state index in [1.54, 1.807) is 38.5 Å². The van der Waals surface area contributed by atoms with Gasteiger partial charge in [-0.3, -0.25) is 14.4 Å². The van der Waals surface area contributed by atoms with Gasteiger partial charge in [0.15, 0.2) is 0 Å². The summed E-state index contributed by atoms with van der Waals surface area (Å²) in [5.74, 6) is -1.95. The van der Waals surface area contributed by atoms with E-state index in [4.69, 9.17) is 9.84 Å². The Balaban J connectivity index is 1.66. The number of aromatic nitrogens is 2. The maximum atomic E-state index is 12.7. The number of ether oxygens (including phenoxy) is 1. The number of H-pyrrole nitrogens is 1. The summed E-state index contributed by atoms with van der Waals surface area (Å²) in [6.07, 6.45) is 4.31. The number of fused-ring (bicyclic) bond motifs is 1. The molecule has 1 atom stereocenters. The number of amides is 2. The van der Waals surface area contributed by atoms with Gasteiger partial charge >= 0.3 is 5.97 Å². The summed E-state index contributed by atoms with van der Waals surface area (Å²) in [6, 6.07) is 7.24. The van der Waals surface area contributed by atoms with Gasteiger partial charge in [0.05, 0.1) is 24.0 Å². The second kappa shape index (κ2) is 11.9. The molecule has 0 spiro atoms. The number of nitrogens with one attached hydrogen (secondary N) is 3. The number of benzene rings is 1. The number of aromatic amines is 1. The third-order valence-electron chi connectivity index (χ3n) is 5.31. The number of carbonyl (C=O) groups excluding carboxylic acids is 2. The Morgan fingerprint density at radius 2 is 2.03 bits per heavy atom. The highest BCUT2D eigenvalue weighted by molar-refractivity contribution is 7.16. The van der Waals surface area contributed by atoms with E-state index in [2.05, 4.69) is 20.6 Å². The first-order chi connectivity index (χ1) is 17.2. The summed E-state index contributed by atoms with van der Waals surface area (Å²) < 4.78 is 5.17. The number of carboxylic acid groups (broad SMARTS) is 1. The number of carboxylic acids is 1. The van der Waals surface area contributed by atoms with E-state index in [9.17, 15) is 19.2 Å². The Bertz CT molecular complexity index is 1410. The van der Waals surface area contributed by atoms with Gasteiger partial charge in [-0.1, -0.05) is 37.3 Å². The van der Waals surface area contributed by atoms with Gasteiger partial charge in [0.1, 0.15) is 10.6 Å². The fraction of sp³-hybridized carbons (Fsp3) is 0.240. The van der Waals surface area contributed by atoms with E-state index >= 15 is 0 Å². The standard InChI is InChI=1S/C25H26N4O6S/c1-4-16(25(33)34)9-8-14(2)21(30)27-12-17-13-36-24-19(17)22(31)28-20(29-24)23(32)26-11-15-6-5-7-18(10-15)35-3/h4-10,13-14H,11-12H2,1-3H3,(H,26,32)(H,27,30)(H,33,34)(H,28,29,31)/b9-8-,16-4+. The van der Waals surface area contributed by atoms with Crippen LogP contribution in [0.1, 0.15) is 35.6 Å². The monoisotopic (exact) mass is 510 g/mol. The van der Waals surface area contributed by atoms with Crippen LogP contribution in [0.25, 0.3) is 10.2 Å². The molecule has 10 nitrogen and oxygen atoms in total. The molecule has 3 rings (SSSR count). The van der Waals surface area contributed by atoms with Crippen LogP contribution in [0.4, 0.5) is 0 Å². The number of rotatable bonds is 10. The average molecular weight is 511 g/mol. The molecule has 0 radical (unpaired) electrons. The van der Waals surface area contributed by atoms with E-state index in [0.717, 1.165) is 5.56 Å². The third kappa shape index (κ3) is 6.45. The van der Waals surface area contributed by atoms with E-state index in [1.807, 2.05) is 12.1 Å². The molecular formula is C25H26N4O6S. The molecule has 2 aromatic heterocycles. The lowest BCUT2D eigenvalue weighted by atomic mass is 10.1. The molecule has 0 aliphatic heterocycles. The van der Waals surface area contributed by atoms with Crippen LogP contribution in [0.3, 0.4) is 0 Å². The molecule has 2 amide bonds. The fourth-order valence-corrected chi connectivity index (χ4v) is 4.20. The lowest BCUT2D eigenvalue weighted by molar-refractivity contribution is -0.132. The number of allylic oxidation sites excluding steroid dienone is 1. The SMILES string of the molecule is C/C=C(\C=C/C(C)C(=O)NCc1csc2nc(C(=O)NCc3cccc(OC)c3)[nH]c(=O)c12)C(=O)O. The van der Waals surface area contributed by atoms with Crippen molar-refractivity contribution in [3.63, 3.8) is 0 Å². The molecule has 0 fully saturated rings. The van der Waals surface area contributed by atoms with Crippen LogP contribution in [0, 0.1) is 5.92 Å². The summed E-state index contributed by atoms with van der Waals surface area (Å²) in [7, 11) is 1.56. The van der Waals surface area contributed by atoms with Crippen molar-refractivity contribution in [1.82, 2.24) is 20.6 Å². The van der Waals surface area contributed by atoms with E-state index in [-0.39, 0.29) is 30.4 Å². The first-order valence-corrected chi connectivity index (χ1v) is 11.9. The number of carbonyl (C=O) groups is 3. The second-order valence-electron chi connectivity index (χ2n) is 7.80. The highest BCUT2D eigenvalue weighted by Gasteiger charge is 2.17. The molecular weight excluding hydrogens is 484 g/mol. The van der Waals surface area contributed by atoms with E-state index in [0.29, 0.717) is 21.5 Å². The zero-order valence-corrected chi connectivity index (χ0v) is 20.8. The number of nitrogens with zero attached hydrogens (tertiary/aromatic N) is 1. The van der Waals surface area contributed by atoms with Crippen LogP contribution in [0.15, 0.2) is 58.2 Å². The van der Waals surface area contributed by atoms with Crippen molar-refractivity contribution in [2.24, 2.45) is 5.92 Å². The average Bonchev–Trinajstić information content (AvgIpc) is 3.29. The van der Waals surface area contributed by atoms with Crippen molar-refractivity contribution in [2.75, 3.05) is 7.11 Å². The first-order valence-electron chi connectivity index (χ1n) is 11.0. The quantitative estimate of drug-likeness (QED) is 0.242. The highest BCUT2D eigenvalue weighted by atomic mass is 32.1. The van der Waals surface area contributed by atoms with Gasteiger partial charge in [0.2, 0.25) is 11.7 Å². The van der Waals surface area contributed by atoms with Gasteiger partial charge < -0.3 is 25.5 Å². The summed E-state index contributed by atoms with van der Waals surface area (Å²) >= 11 is 1.19. The second-order valence-corrected chi connectivity index (χ2v) is 8.66. The zero-order chi connectivity index (χ0) is 26.2. The fourth-order valence-electron chi connectivity index (χ4n) is 3.26. The van der Waals surface area contributed by atoms with Crippen LogP contribution in [0.2, 0.25) is 0 Å². The molecule has 1 unspecified atom stereocenters. The Kier molecular flexibility index (Phi) is 8.74. The summed E-state index contributed by atoms with van der Waals surface area (Å²) in [5, 5.41) is 16.5. The van der Waals surface area contributed by atoms with Crippen LogP contribution >= 0.6 is 11.3 Å². The van der Waals surface area contributed by atoms with Gasteiger partial charge in [0, 0.05) is 13.1 Å². The minimum Gasteiger partial charge on any atom is -0.497 e. The molecule has 3 aromatic rings. The Morgan fingerprint density at radius 1 is 1.25 bits per heavy atom. The Labute approximate surface area is 210 Å². The largest absolute Gasteiger partial charge is 0.497 e. The van der Waals surface area contributed by atoms with Gasteiger partial charge in [0.25, 0.3) is 11.5 Å². The van der Waals surface area contributed by atoms with Crippen molar-refractivity contribution >= 4 is 39.3 Å². The minimum atomic E-state index is -1.08. The summed E-state index contributed by atoms with van der Waals surface area (Å²) in [4.78, 5) is 55.9. The van der Waals surface area contributed by atoms with Gasteiger partial charge in [-0.25, -0.2) is 9.78 Å². The third-order valence-corrected chi connectivity index (χ3v) is 6.23. The van der Waals surface area contributed by atoms with Crippen molar-refractivity contribution in [1.29, 1.82) is 0 Å². The predicted octanol–water partition coefficient (Wildman–Crippen LogP) is 2.76. The molecule has 0 bridgehead atoms. The van der Waals surface area contributed by atoms with Crippen molar-refractivity contribution in [2.45, 2.75) is 26.9 Å². The first kappa shape index (κ1) is 26.4. The molecule has 0 aliphatic carbocycles. The molecule has 36 heavy (non-hydrogen) atoms. The molecule has 0 saturated heterocycles. The molecule has 188 valence electrons. The van der Waals surface area contributed by atoms with Gasteiger partial charge in [-0.05, 0) is 35.6 Å². The molecule has 4 N–H and O–H groups in total. The lowest BCUT2D eigenvalue weighted by Crippen LogP contribution is -2.29. The van der Waals surface area contributed by atoms with E-state index < -0.39 is 23.4 Å². The smallest absolute Gasteiger partial charge is 0.335 e. The number of methoxy groups -OCH3 is 1. The Morgan fingerprint density at radius 3 is 2.72 bits per heavy atom. The van der Waals surface area contributed by atoms with Gasteiger partial charge in [-0.15, -0.1) is 11.3 Å². The molecule has 11 heteroatoms. The summed E-state index contributed by atoms with van der Waals surface area (Å²) in [6.45, 7) is 3.55. The van der Waals surface area contributed by atoms with Crippen molar-refractivity contribution in [3.8, 4) is 5.75 Å². The van der Waals surface area contributed by atoms with Gasteiger partial charge in [-0.2, -0.15) is 0 Å². The molecule has 1 aromatic carbocycles. The number of hydrogen-bond acceptors (Lipinski definition) is 7. The lowest BCUT2D eigenvalue weighted by Gasteiger charge is -2.08. The highest BCUT2D eigenvalue weighted by Crippen LogP contribution is 2.21. The van der Waals surface area contributed by atoms with Crippen molar-refractivity contribution in [3.05, 3.63) is 80.8 Å². The number of thiophene rings is 1.